The van der Waals surface area contributed by atoms with Crippen molar-refractivity contribution in [2.24, 2.45) is 0 Å². The smallest absolute Gasteiger partial charge is 0.200 e. The van der Waals surface area contributed by atoms with E-state index in [9.17, 15) is 0 Å². The molecule has 0 aromatic carbocycles. The van der Waals surface area contributed by atoms with E-state index in [2.05, 4.69) is 19.3 Å². The van der Waals surface area contributed by atoms with Crippen molar-refractivity contribution in [2.75, 3.05) is 5.73 Å². The molecule has 0 unspecified atom stereocenters. The Morgan fingerprint density at radius 3 is 2.44 bits per heavy atom. The minimum atomic E-state index is 0.440. The Morgan fingerprint density at radius 1 is 0.889 bits per heavy atom. The van der Waals surface area contributed by atoms with Gasteiger partial charge in [-0.3, -0.25) is 4.98 Å². The van der Waals surface area contributed by atoms with Crippen LogP contribution in [0.1, 0.15) is 0 Å². The highest BCUT2D eigenvalue weighted by Gasteiger charge is 2.08. The van der Waals surface area contributed by atoms with Crippen LogP contribution in [-0.4, -0.2) is 19.3 Å². The van der Waals surface area contributed by atoms with E-state index in [4.69, 9.17) is 5.73 Å². The van der Waals surface area contributed by atoms with Crippen LogP contribution in [0.5, 0.6) is 0 Å². The first-order valence-electron chi connectivity index (χ1n) is 5.31. The highest BCUT2D eigenvalue weighted by molar-refractivity contribution is 7.09. The maximum atomic E-state index is 5.57. The summed E-state index contributed by atoms with van der Waals surface area (Å²) < 4.78 is 4.14. The first kappa shape index (κ1) is 10.8. The van der Waals surface area contributed by atoms with Gasteiger partial charge in [-0.05, 0) is 24.3 Å². The third-order valence-corrected chi connectivity index (χ3v) is 2.89. The van der Waals surface area contributed by atoms with Gasteiger partial charge in [-0.2, -0.15) is 9.36 Å². The van der Waals surface area contributed by atoms with Gasteiger partial charge < -0.3 is 5.73 Å². The van der Waals surface area contributed by atoms with Crippen molar-refractivity contribution in [3.05, 3.63) is 42.6 Å². The summed E-state index contributed by atoms with van der Waals surface area (Å²) in [5, 5.41) is 0.440. The van der Waals surface area contributed by atoms with Crippen molar-refractivity contribution in [1.82, 2.24) is 19.3 Å². The first-order valence-corrected chi connectivity index (χ1v) is 6.08. The van der Waals surface area contributed by atoms with E-state index in [0.29, 0.717) is 16.6 Å². The van der Waals surface area contributed by atoms with Gasteiger partial charge >= 0.3 is 0 Å². The molecule has 3 aromatic heterocycles. The SMILES string of the molecule is Nc1nc(-c2cccc(-c3ccccn3)n2)ns1. The minimum Gasteiger partial charge on any atom is -0.374 e. The standard InChI is InChI=1S/C12H9N5S/c13-12-16-11(17-18-12)10-6-3-5-9(15-10)8-4-1-2-7-14-8/h1-7H,(H2,13,16,17). The maximum Gasteiger partial charge on any atom is 0.200 e. The van der Waals surface area contributed by atoms with Gasteiger partial charge in [-0.1, -0.05) is 12.1 Å². The molecular formula is C12H9N5S. The van der Waals surface area contributed by atoms with Crippen LogP contribution in [0.4, 0.5) is 5.13 Å². The summed E-state index contributed by atoms with van der Waals surface area (Å²) in [5.41, 5.74) is 7.88. The fourth-order valence-electron chi connectivity index (χ4n) is 1.56. The molecule has 18 heavy (non-hydrogen) atoms. The molecule has 6 heteroatoms. The zero-order chi connectivity index (χ0) is 12.4. The quantitative estimate of drug-likeness (QED) is 0.759. The van der Waals surface area contributed by atoms with E-state index in [1.54, 1.807) is 6.20 Å². The Labute approximate surface area is 108 Å². The van der Waals surface area contributed by atoms with Gasteiger partial charge in [0.15, 0.2) is 11.0 Å². The number of nitrogens with zero attached hydrogens (tertiary/aromatic N) is 4. The van der Waals surface area contributed by atoms with Gasteiger partial charge in [0.1, 0.15) is 5.69 Å². The second-order valence-corrected chi connectivity index (χ2v) is 4.36. The largest absolute Gasteiger partial charge is 0.374 e. The van der Waals surface area contributed by atoms with Gasteiger partial charge in [-0.25, -0.2) is 4.98 Å². The number of aromatic nitrogens is 4. The van der Waals surface area contributed by atoms with Crippen molar-refractivity contribution < 1.29 is 0 Å². The Hall–Kier alpha value is -2.34. The van der Waals surface area contributed by atoms with Crippen molar-refractivity contribution in [3.8, 4) is 22.9 Å². The third-order valence-electron chi connectivity index (χ3n) is 2.35. The fourth-order valence-corrected chi connectivity index (χ4v) is 2.00. The normalized spacial score (nSPS) is 10.4. The molecular weight excluding hydrogens is 246 g/mol. The Balaban J connectivity index is 2.05. The first-order chi connectivity index (χ1) is 8.83. The van der Waals surface area contributed by atoms with Gasteiger partial charge in [0, 0.05) is 17.7 Å². The monoisotopic (exact) mass is 255 g/mol. The van der Waals surface area contributed by atoms with E-state index < -0.39 is 0 Å². The van der Waals surface area contributed by atoms with Crippen molar-refractivity contribution in [2.45, 2.75) is 0 Å². The molecule has 0 saturated heterocycles. The molecule has 0 spiro atoms. The molecule has 3 rings (SSSR count). The second kappa shape index (κ2) is 4.50. The van der Waals surface area contributed by atoms with E-state index in [-0.39, 0.29) is 0 Å². The zero-order valence-corrected chi connectivity index (χ0v) is 10.1. The molecule has 5 nitrogen and oxygen atoms in total. The molecule has 3 heterocycles. The molecule has 0 fully saturated rings. The van der Waals surface area contributed by atoms with Crippen LogP contribution < -0.4 is 5.73 Å². The molecule has 0 atom stereocenters. The summed E-state index contributed by atoms with van der Waals surface area (Å²) >= 11 is 1.16. The third kappa shape index (κ3) is 2.05. The Kier molecular flexibility index (Phi) is 2.70. The van der Waals surface area contributed by atoms with Crippen LogP contribution in [0.3, 0.4) is 0 Å². The van der Waals surface area contributed by atoms with E-state index in [1.807, 2.05) is 36.4 Å². The van der Waals surface area contributed by atoms with Crippen LogP contribution in [0.15, 0.2) is 42.6 Å². The highest BCUT2D eigenvalue weighted by Crippen LogP contribution is 2.20. The summed E-state index contributed by atoms with van der Waals surface area (Å²) in [7, 11) is 0. The second-order valence-electron chi connectivity index (χ2n) is 3.58. The molecule has 0 aliphatic carbocycles. The Bertz CT molecular complexity index is 665. The van der Waals surface area contributed by atoms with Crippen LogP contribution >= 0.6 is 11.5 Å². The number of pyridine rings is 2. The summed E-state index contributed by atoms with van der Waals surface area (Å²) in [6.45, 7) is 0. The highest BCUT2D eigenvalue weighted by atomic mass is 32.1. The molecule has 0 saturated carbocycles. The average Bonchev–Trinajstić information content (AvgIpc) is 2.87. The van der Waals surface area contributed by atoms with E-state index >= 15 is 0 Å². The molecule has 0 aliphatic heterocycles. The predicted octanol–water partition coefficient (Wildman–Crippen LogP) is 2.24. The van der Waals surface area contributed by atoms with Crippen LogP contribution in [-0.2, 0) is 0 Å². The Morgan fingerprint density at radius 2 is 1.72 bits per heavy atom. The fraction of sp³-hybridized carbons (Fsp3) is 0. The lowest BCUT2D eigenvalue weighted by Gasteiger charge is -2.01. The molecule has 88 valence electrons. The number of nitrogens with two attached hydrogens (primary N) is 1. The molecule has 0 bridgehead atoms. The van der Waals surface area contributed by atoms with Crippen molar-refractivity contribution >= 4 is 16.7 Å². The van der Waals surface area contributed by atoms with Crippen LogP contribution in [0, 0.1) is 0 Å². The maximum absolute atomic E-state index is 5.57. The number of anilines is 1. The van der Waals surface area contributed by atoms with Crippen LogP contribution in [0.25, 0.3) is 22.9 Å². The van der Waals surface area contributed by atoms with Gasteiger partial charge in [0.2, 0.25) is 0 Å². The summed E-state index contributed by atoms with van der Waals surface area (Å²) in [6.07, 6.45) is 1.74. The summed E-state index contributed by atoms with van der Waals surface area (Å²) in [6, 6.07) is 11.4. The molecule has 2 N–H and O–H groups in total. The number of hydrogen-bond acceptors (Lipinski definition) is 6. The minimum absolute atomic E-state index is 0.440. The molecule has 0 radical (unpaired) electrons. The number of nitrogen functional groups attached to an aromatic ring is 1. The number of rotatable bonds is 2. The lowest BCUT2D eigenvalue weighted by Crippen LogP contribution is -1.91. The molecule has 0 aliphatic rings. The predicted molar refractivity (Wildman–Crippen MR) is 70.8 cm³/mol. The van der Waals surface area contributed by atoms with Gasteiger partial charge in [0.25, 0.3) is 0 Å². The zero-order valence-electron chi connectivity index (χ0n) is 9.32. The lowest BCUT2D eigenvalue weighted by atomic mass is 10.2. The topological polar surface area (TPSA) is 77.6 Å². The molecule has 3 aromatic rings. The van der Waals surface area contributed by atoms with Crippen molar-refractivity contribution in [1.29, 1.82) is 0 Å². The van der Waals surface area contributed by atoms with Crippen LogP contribution in [0.2, 0.25) is 0 Å². The van der Waals surface area contributed by atoms with Gasteiger partial charge in [-0.15, -0.1) is 0 Å². The summed E-state index contributed by atoms with van der Waals surface area (Å²) in [5.74, 6) is 0.551. The van der Waals surface area contributed by atoms with E-state index in [0.717, 1.165) is 22.9 Å². The lowest BCUT2D eigenvalue weighted by molar-refractivity contribution is 1.21. The van der Waals surface area contributed by atoms with Crippen molar-refractivity contribution in [3.63, 3.8) is 0 Å². The average molecular weight is 255 g/mol. The summed E-state index contributed by atoms with van der Waals surface area (Å²) in [4.78, 5) is 12.9. The number of hydrogen-bond donors (Lipinski definition) is 1. The molecule has 0 amide bonds. The van der Waals surface area contributed by atoms with E-state index in [1.165, 1.54) is 0 Å². The van der Waals surface area contributed by atoms with Gasteiger partial charge in [0.05, 0.1) is 11.4 Å².